The first-order chi connectivity index (χ1) is 14.1. The van der Waals surface area contributed by atoms with Crippen LogP contribution in [0.3, 0.4) is 0 Å². The van der Waals surface area contributed by atoms with E-state index in [-0.39, 0.29) is 5.91 Å². The Balaban J connectivity index is 1.70. The average Bonchev–Trinajstić information content (AvgIpc) is 3.24. The summed E-state index contributed by atoms with van der Waals surface area (Å²) in [6.45, 7) is 8.34. The molecule has 5 heteroatoms. The number of carbonyl (C=O) groups excluding carboxylic acids is 1. The molecule has 0 saturated carbocycles. The molecule has 1 aromatic heterocycles. The van der Waals surface area contributed by atoms with Crippen molar-refractivity contribution < 1.29 is 4.79 Å². The number of unbranched alkanes of at least 4 members (excludes halogenated alkanes) is 1. The van der Waals surface area contributed by atoms with Gasteiger partial charge in [-0.05, 0) is 56.5 Å². The summed E-state index contributed by atoms with van der Waals surface area (Å²) in [5.74, 6) is -0.0914. The fourth-order valence-electron chi connectivity index (χ4n) is 3.20. The smallest absolute Gasteiger partial charge is 0.255 e. The second-order valence-electron chi connectivity index (χ2n) is 7.02. The highest BCUT2D eigenvalue weighted by Crippen LogP contribution is 2.29. The average molecular weight is 408 g/mol. The summed E-state index contributed by atoms with van der Waals surface area (Å²) < 4.78 is 0. The van der Waals surface area contributed by atoms with Crippen molar-refractivity contribution >= 4 is 28.1 Å². The van der Waals surface area contributed by atoms with Crippen molar-refractivity contribution in [2.45, 2.75) is 40.0 Å². The highest BCUT2D eigenvalue weighted by atomic mass is 32.1. The second kappa shape index (κ2) is 10.2. The minimum Gasteiger partial charge on any atom is -0.349 e. The highest BCUT2D eigenvalue weighted by Gasteiger charge is 2.11. The lowest BCUT2D eigenvalue weighted by Gasteiger charge is -2.16. The largest absolute Gasteiger partial charge is 0.349 e. The standard InChI is InChI=1S/C24H29N3OS/c1-4-7-9-18-12-14-19(15-13-18)23(28)25-21-11-8-10-20(16-21)22-17-29-24(26-22)27(5-2)6-3/h8,10-17H,4-7,9H2,1-3H3,(H,25,28). The third-order valence-electron chi connectivity index (χ3n) is 4.98. The van der Waals surface area contributed by atoms with E-state index in [9.17, 15) is 4.79 Å². The van der Waals surface area contributed by atoms with Gasteiger partial charge in [0.05, 0.1) is 5.69 Å². The van der Waals surface area contributed by atoms with E-state index in [0.29, 0.717) is 5.56 Å². The molecular weight excluding hydrogens is 378 g/mol. The number of hydrogen-bond acceptors (Lipinski definition) is 4. The van der Waals surface area contributed by atoms with Gasteiger partial charge in [0.15, 0.2) is 5.13 Å². The van der Waals surface area contributed by atoms with Crippen LogP contribution in [0.4, 0.5) is 10.8 Å². The predicted molar refractivity (Wildman–Crippen MR) is 124 cm³/mol. The molecule has 0 bridgehead atoms. The van der Waals surface area contributed by atoms with E-state index in [0.717, 1.165) is 41.6 Å². The van der Waals surface area contributed by atoms with Crippen LogP contribution in [0.2, 0.25) is 0 Å². The first-order valence-electron chi connectivity index (χ1n) is 10.4. The van der Waals surface area contributed by atoms with Crippen LogP contribution in [0, 0.1) is 0 Å². The number of anilines is 2. The molecule has 0 aliphatic carbocycles. The van der Waals surface area contributed by atoms with Crippen LogP contribution in [-0.4, -0.2) is 24.0 Å². The minimum absolute atomic E-state index is 0.0914. The van der Waals surface area contributed by atoms with Gasteiger partial charge in [-0.2, -0.15) is 0 Å². The van der Waals surface area contributed by atoms with Gasteiger partial charge in [-0.3, -0.25) is 4.79 Å². The predicted octanol–water partition coefficient (Wildman–Crippen LogP) is 6.25. The molecule has 0 radical (unpaired) electrons. The molecule has 0 saturated heterocycles. The summed E-state index contributed by atoms with van der Waals surface area (Å²) in [6.07, 6.45) is 3.41. The van der Waals surface area contributed by atoms with Crippen molar-refractivity contribution in [1.29, 1.82) is 0 Å². The monoisotopic (exact) mass is 407 g/mol. The Morgan fingerprint density at radius 3 is 2.52 bits per heavy atom. The maximum atomic E-state index is 12.6. The molecule has 3 rings (SSSR count). The number of nitrogens with one attached hydrogen (secondary N) is 1. The van der Waals surface area contributed by atoms with Crippen molar-refractivity contribution in [2.75, 3.05) is 23.3 Å². The zero-order valence-corrected chi connectivity index (χ0v) is 18.3. The van der Waals surface area contributed by atoms with E-state index < -0.39 is 0 Å². The number of carbonyl (C=O) groups is 1. The SMILES string of the molecule is CCCCc1ccc(C(=O)Nc2cccc(-c3csc(N(CC)CC)n3)c2)cc1. The zero-order valence-electron chi connectivity index (χ0n) is 17.4. The number of rotatable bonds is 9. The van der Waals surface area contributed by atoms with Gasteiger partial charge in [0.25, 0.3) is 5.91 Å². The van der Waals surface area contributed by atoms with Crippen molar-refractivity contribution in [2.24, 2.45) is 0 Å². The molecule has 2 aromatic carbocycles. The number of benzene rings is 2. The summed E-state index contributed by atoms with van der Waals surface area (Å²) in [5, 5.41) is 6.11. The number of amides is 1. The van der Waals surface area contributed by atoms with Crippen LogP contribution in [0.5, 0.6) is 0 Å². The highest BCUT2D eigenvalue weighted by molar-refractivity contribution is 7.14. The molecule has 0 atom stereocenters. The summed E-state index contributed by atoms with van der Waals surface area (Å²) in [6, 6.07) is 15.8. The molecule has 1 heterocycles. The van der Waals surface area contributed by atoms with Gasteiger partial charge in [-0.15, -0.1) is 11.3 Å². The Morgan fingerprint density at radius 1 is 1.07 bits per heavy atom. The van der Waals surface area contributed by atoms with E-state index in [1.807, 2.05) is 48.5 Å². The van der Waals surface area contributed by atoms with E-state index in [4.69, 9.17) is 4.98 Å². The number of thiazole rings is 1. The normalized spacial score (nSPS) is 10.7. The second-order valence-corrected chi connectivity index (χ2v) is 7.86. The van der Waals surface area contributed by atoms with Gasteiger partial charge in [0, 0.05) is 35.3 Å². The van der Waals surface area contributed by atoms with Crippen LogP contribution < -0.4 is 10.2 Å². The number of aryl methyl sites for hydroxylation is 1. The van der Waals surface area contributed by atoms with Gasteiger partial charge >= 0.3 is 0 Å². The van der Waals surface area contributed by atoms with Crippen LogP contribution >= 0.6 is 11.3 Å². The topological polar surface area (TPSA) is 45.2 Å². The fourth-order valence-corrected chi connectivity index (χ4v) is 4.16. The summed E-state index contributed by atoms with van der Waals surface area (Å²) >= 11 is 1.65. The first-order valence-corrected chi connectivity index (χ1v) is 11.2. The maximum Gasteiger partial charge on any atom is 0.255 e. The first kappa shape index (κ1) is 21.1. The van der Waals surface area contributed by atoms with E-state index in [1.165, 1.54) is 18.4 Å². The van der Waals surface area contributed by atoms with E-state index in [2.05, 4.69) is 36.4 Å². The summed E-state index contributed by atoms with van der Waals surface area (Å²) in [4.78, 5) is 19.6. The lowest BCUT2D eigenvalue weighted by atomic mass is 10.1. The lowest BCUT2D eigenvalue weighted by Crippen LogP contribution is -2.21. The molecule has 0 aliphatic heterocycles. The third kappa shape index (κ3) is 5.45. The Hall–Kier alpha value is -2.66. The number of nitrogens with zero attached hydrogens (tertiary/aromatic N) is 2. The van der Waals surface area contributed by atoms with Crippen molar-refractivity contribution in [3.63, 3.8) is 0 Å². The van der Waals surface area contributed by atoms with Crippen LogP contribution in [0.25, 0.3) is 11.3 Å². The Labute approximate surface area is 177 Å². The Morgan fingerprint density at radius 2 is 1.83 bits per heavy atom. The zero-order chi connectivity index (χ0) is 20.6. The molecule has 152 valence electrons. The summed E-state index contributed by atoms with van der Waals surface area (Å²) in [7, 11) is 0. The van der Waals surface area contributed by atoms with Crippen LogP contribution in [-0.2, 0) is 6.42 Å². The molecule has 1 N–H and O–H groups in total. The van der Waals surface area contributed by atoms with Gasteiger partial charge in [0.1, 0.15) is 0 Å². The molecule has 4 nitrogen and oxygen atoms in total. The minimum atomic E-state index is -0.0914. The lowest BCUT2D eigenvalue weighted by molar-refractivity contribution is 0.102. The van der Waals surface area contributed by atoms with Crippen molar-refractivity contribution in [3.8, 4) is 11.3 Å². The number of aromatic nitrogens is 1. The van der Waals surface area contributed by atoms with Gasteiger partial charge in [-0.25, -0.2) is 4.98 Å². The molecule has 0 spiro atoms. The van der Waals surface area contributed by atoms with Gasteiger partial charge in [-0.1, -0.05) is 37.6 Å². The van der Waals surface area contributed by atoms with Crippen LogP contribution in [0.15, 0.2) is 53.9 Å². The molecule has 0 fully saturated rings. The van der Waals surface area contributed by atoms with Gasteiger partial charge in [0.2, 0.25) is 0 Å². The quantitative estimate of drug-likeness (QED) is 0.456. The molecule has 29 heavy (non-hydrogen) atoms. The molecule has 0 aliphatic rings. The van der Waals surface area contributed by atoms with Crippen molar-refractivity contribution in [3.05, 3.63) is 65.0 Å². The van der Waals surface area contributed by atoms with E-state index >= 15 is 0 Å². The summed E-state index contributed by atoms with van der Waals surface area (Å²) in [5.41, 5.74) is 4.67. The van der Waals surface area contributed by atoms with Crippen LogP contribution in [0.1, 0.15) is 49.5 Å². The molecular formula is C24H29N3OS. The third-order valence-corrected chi connectivity index (χ3v) is 5.88. The Kier molecular flexibility index (Phi) is 7.42. The molecule has 0 unspecified atom stereocenters. The number of hydrogen-bond donors (Lipinski definition) is 1. The van der Waals surface area contributed by atoms with Crippen molar-refractivity contribution in [1.82, 2.24) is 4.98 Å². The molecule has 3 aromatic rings. The molecule has 1 amide bonds. The van der Waals surface area contributed by atoms with E-state index in [1.54, 1.807) is 11.3 Å². The Bertz CT molecular complexity index is 929. The van der Waals surface area contributed by atoms with Gasteiger partial charge < -0.3 is 10.2 Å². The maximum absolute atomic E-state index is 12.6. The fraction of sp³-hybridized carbons (Fsp3) is 0.333.